The second-order valence-corrected chi connectivity index (χ2v) is 4.00. The molecule has 0 bridgehead atoms. The van der Waals surface area contributed by atoms with Gasteiger partial charge in [0.25, 0.3) is 0 Å². The number of allylic oxidation sites excluding steroid dienone is 2. The minimum absolute atomic E-state index is 0.844. The topological polar surface area (TPSA) is 70.2 Å². The fourth-order valence-electron chi connectivity index (χ4n) is 1.65. The molecular formula is C17H25N5. The third kappa shape index (κ3) is 4.55. The summed E-state index contributed by atoms with van der Waals surface area (Å²) in [6.45, 7) is 8.00. The van der Waals surface area contributed by atoms with E-state index in [2.05, 4.69) is 37.3 Å². The number of rotatable bonds is 1. The first-order chi connectivity index (χ1) is 10.9. The fraction of sp³-hybridized carbons (Fsp3) is 0.353. The normalized spacial score (nSPS) is 11.1. The van der Waals surface area contributed by atoms with Gasteiger partial charge in [-0.3, -0.25) is 5.10 Å². The maximum Gasteiger partial charge on any atom is 0.141 e. The van der Waals surface area contributed by atoms with Crippen LogP contribution in [0.25, 0.3) is 22.3 Å². The Hall–Kier alpha value is -2.43. The predicted molar refractivity (Wildman–Crippen MR) is 92.5 cm³/mol. The third-order valence-corrected chi connectivity index (χ3v) is 2.79. The Morgan fingerprint density at radius 1 is 1.00 bits per heavy atom. The quantitative estimate of drug-likeness (QED) is 0.638. The molecule has 3 heterocycles. The Morgan fingerprint density at radius 2 is 1.68 bits per heavy atom. The van der Waals surface area contributed by atoms with Gasteiger partial charge in [-0.1, -0.05) is 39.8 Å². The minimum atomic E-state index is 0.844. The molecule has 1 aliphatic carbocycles. The Morgan fingerprint density at radius 3 is 2.23 bits per heavy atom. The van der Waals surface area contributed by atoms with Gasteiger partial charge in [-0.25, -0.2) is 9.97 Å². The predicted octanol–water partition coefficient (Wildman–Crippen LogP) is 4.74. The molecule has 1 aliphatic rings. The number of nitrogens with one attached hydrogen (secondary N) is 2. The van der Waals surface area contributed by atoms with Crippen molar-refractivity contribution in [1.82, 2.24) is 25.1 Å². The highest BCUT2D eigenvalue weighted by atomic mass is 15.1. The number of hydrogen-bond donors (Lipinski definition) is 2. The van der Waals surface area contributed by atoms with Gasteiger partial charge in [0.15, 0.2) is 0 Å². The van der Waals surface area contributed by atoms with Crippen molar-refractivity contribution in [3.05, 3.63) is 43.1 Å². The zero-order valence-electron chi connectivity index (χ0n) is 13.8. The van der Waals surface area contributed by atoms with Crippen molar-refractivity contribution in [2.24, 2.45) is 0 Å². The highest BCUT2D eigenvalue weighted by molar-refractivity contribution is 5.89. The Balaban J connectivity index is 0.000000255. The lowest BCUT2D eigenvalue weighted by molar-refractivity contribution is 0.962. The van der Waals surface area contributed by atoms with E-state index in [4.69, 9.17) is 0 Å². The first-order valence-electron chi connectivity index (χ1n) is 7.87. The summed E-state index contributed by atoms with van der Waals surface area (Å²) in [4.78, 5) is 11.4. The molecule has 0 saturated heterocycles. The molecule has 3 aromatic rings. The van der Waals surface area contributed by atoms with Gasteiger partial charge in [0.05, 0.1) is 11.9 Å². The maximum absolute atomic E-state index is 4.23. The van der Waals surface area contributed by atoms with Crippen LogP contribution >= 0.6 is 0 Å². The van der Waals surface area contributed by atoms with E-state index in [1.807, 2.05) is 46.2 Å². The van der Waals surface area contributed by atoms with Gasteiger partial charge in [0, 0.05) is 23.3 Å². The van der Waals surface area contributed by atoms with Gasteiger partial charge >= 0.3 is 0 Å². The summed E-state index contributed by atoms with van der Waals surface area (Å²) in [5.74, 6) is 0. The molecule has 5 nitrogen and oxygen atoms in total. The molecule has 2 N–H and O–H groups in total. The third-order valence-electron chi connectivity index (χ3n) is 2.79. The van der Waals surface area contributed by atoms with E-state index < -0.39 is 0 Å². The zero-order chi connectivity index (χ0) is 16.2. The van der Waals surface area contributed by atoms with Crippen LogP contribution in [-0.4, -0.2) is 25.1 Å². The molecule has 0 atom stereocenters. The lowest BCUT2D eigenvalue weighted by Gasteiger charge is -1.96. The molecule has 0 spiro atoms. The summed E-state index contributed by atoms with van der Waals surface area (Å²) < 4.78 is 0. The van der Waals surface area contributed by atoms with E-state index in [0.717, 1.165) is 22.3 Å². The summed E-state index contributed by atoms with van der Waals surface area (Å²) in [6.07, 6.45) is 14.0. The summed E-state index contributed by atoms with van der Waals surface area (Å²) in [6, 6.07) is 1.96. The van der Waals surface area contributed by atoms with Crippen molar-refractivity contribution in [3.63, 3.8) is 0 Å². The molecule has 118 valence electrons. The van der Waals surface area contributed by atoms with E-state index in [1.165, 1.54) is 12.8 Å². The van der Waals surface area contributed by atoms with Crippen LogP contribution in [0.5, 0.6) is 0 Å². The molecule has 22 heavy (non-hydrogen) atoms. The summed E-state index contributed by atoms with van der Waals surface area (Å²) in [5, 5.41) is 7.67. The molecule has 0 fully saturated rings. The number of aromatic amines is 2. The molecule has 0 radical (unpaired) electrons. The molecule has 0 aromatic carbocycles. The van der Waals surface area contributed by atoms with Gasteiger partial charge < -0.3 is 4.98 Å². The summed E-state index contributed by atoms with van der Waals surface area (Å²) in [5.41, 5.74) is 2.71. The van der Waals surface area contributed by atoms with Gasteiger partial charge in [0.2, 0.25) is 0 Å². The fourth-order valence-corrected chi connectivity index (χ4v) is 1.65. The van der Waals surface area contributed by atoms with Crippen LogP contribution in [0.15, 0.2) is 43.1 Å². The summed E-state index contributed by atoms with van der Waals surface area (Å²) >= 11 is 0. The second-order valence-electron chi connectivity index (χ2n) is 4.00. The zero-order valence-corrected chi connectivity index (χ0v) is 13.8. The number of fused-ring (bicyclic) bond motifs is 1. The number of aromatic nitrogens is 5. The van der Waals surface area contributed by atoms with Crippen LogP contribution < -0.4 is 0 Å². The van der Waals surface area contributed by atoms with Crippen molar-refractivity contribution in [3.8, 4) is 11.3 Å². The molecule has 5 heteroatoms. The lowest BCUT2D eigenvalue weighted by atomic mass is 10.1. The SMILES string of the molecule is C1=CCC1.CC.CC.c1nc(-c2cn[nH]c2)c2cc[nH]c2n1. The van der Waals surface area contributed by atoms with Gasteiger partial charge in [0.1, 0.15) is 12.0 Å². The van der Waals surface area contributed by atoms with Gasteiger partial charge in [-0.2, -0.15) is 5.10 Å². The van der Waals surface area contributed by atoms with E-state index in [9.17, 15) is 0 Å². The second kappa shape index (κ2) is 10.3. The van der Waals surface area contributed by atoms with E-state index in [-0.39, 0.29) is 0 Å². The van der Waals surface area contributed by atoms with Crippen molar-refractivity contribution >= 4 is 11.0 Å². The van der Waals surface area contributed by atoms with Crippen LogP contribution in [0.1, 0.15) is 40.5 Å². The molecule has 4 rings (SSSR count). The first-order valence-corrected chi connectivity index (χ1v) is 7.87. The van der Waals surface area contributed by atoms with E-state index in [0.29, 0.717) is 0 Å². The Bertz CT molecular complexity index is 647. The van der Waals surface area contributed by atoms with Crippen molar-refractivity contribution < 1.29 is 0 Å². The number of nitrogens with zero attached hydrogens (tertiary/aromatic N) is 3. The van der Waals surface area contributed by atoms with Crippen molar-refractivity contribution in [1.29, 1.82) is 0 Å². The molecule has 0 unspecified atom stereocenters. The monoisotopic (exact) mass is 299 g/mol. The van der Waals surface area contributed by atoms with Crippen LogP contribution in [0.4, 0.5) is 0 Å². The van der Waals surface area contributed by atoms with Crippen LogP contribution in [0.2, 0.25) is 0 Å². The Kier molecular flexibility index (Phi) is 8.27. The largest absolute Gasteiger partial charge is 0.346 e. The highest BCUT2D eigenvalue weighted by Gasteiger charge is 2.06. The lowest BCUT2D eigenvalue weighted by Crippen LogP contribution is -1.85. The number of hydrogen-bond acceptors (Lipinski definition) is 3. The Labute approximate surface area is 131 Å². The molecule has 0 amide bonds. The van der Waals surface area contributed by atoms with Crippen LogP contribution in [-0.2, 0) is 0 Å². The minimum Gasteiger partial charge on any atom is -0.346 e. The molecule has 0 aliphatic heterocycles. The van der Waals surface area contributed by atoms with E-state index >= 15 is 0 Å². The molecule has 3 aromatic heterocycles. The smallest absolute Gasteiger partial charge is 0.141 e. The molecular weight excluding hydrogens is 274 g/mol. The van der Waals surface area contributed by atoms with Crippen molar-refractivity contribution in [2.75, 3.05) is 0 Å². The van der Waals surface area contributed by atoms with E-state index in [1.54, 1.807) is 12.5 Å². The maximum atomic E-state index is 4.23. The van der Waals surface area contributed by atoms with Crippen molar-refractivity contribution in [2.45, 2.75) is 40.5 Å². The average Bonchev–Trinajstić information content (AvgIpc) is 3.21. The standard InChI is InChI=1S/C9H7N5.C4H6.2C2H6/c1-2-10-9-7(1)8(11-5-12-9)6-3-13-14-4-6;1-2-4-3-1;2*1-2/h1-5H,(H,13,14)(H,10,11,12);1-2H,3-4H2;2*1-2H3. The first kappa shape index (κ1) is 17.6. The molecule has 0 saturated carbocycles. The van der Waals surface area contributed by atoms with Crippen LogP contribution in [0.3, 0.4) is 0 Å². The van der Waals surface area contributed by atoms with Gasteiger partial charge in [-0.15, -0.1) is 0 Å². The van der Waals surface area contributed by atoms with Gasteiger partial charge in [-0.05, 0) is 18.9 Å². The summed E-state index contributed by atoms with van der Waals surface area (Å²) in [7, 11) is 0. The van der Waals surface area contributed by atoms with Crippen LogP contribution in [0, 0.1) is 0 Å². The number of H-pyrrole nitrogens is 2. The average molecular weight is 299 g/mol. The highest BCUT2D eigenvalue weighted by Crippen LogP contribution is 2.22.